The van der Waals surface area contributed by atoms with Gasteiger partial charge in [0.2, 0.25) is 0 Å². The number of nitrogens with one attached hydrogen (secondary N) is 1. The maximum Gasteiger partial charge on any atom is 0.171 e. The maximum atomic E-state index is 5.20. The zero-order chi connectivity index (χ0) is 12.7. The van der Waals surface area contributed by atoms with Crippen LogP contribution in [0.25, 0.3) is 0 Å². The topological polar surface area (TPSA) is 48.3 Å². The molecule has 1 N–H and O–H groups in total. The number of aryl methyl sites for hydroxylation is 1. The number of methoxy groups -OCH3 is 2. The minimum absolute atomic E-state index is 0.134. The Morgan fingerprint density at radius 1 is 1.41 bits per heavy atom. The van der Waals surface area contributed by atoms with Crippen LogP contribution in [0.2, 0.25) is 0 Å². The Morgan fingerprint density at radius 2 is 2.12 bits per heavy atom. The zero-order valence-electron chi connectivity index (χ0n) is 11.1. The third-order valence-corrected chi connectivity index (χ3v) is 2.74. The van der Waals surface area contributed by atoms with Gasteiger partial charge in [-0.3, -0.25) is 0 Å². The van der Waals surface area contributed by atoms with E-state index in [0.717, 1.165) is 19.5 Å². The van der Waals surface area contributed by atoms with Crippen molar-refractivity contribution in [3.8, 4) is 0 Å². The van der Waals surface area contributed by atoms with Gasteiger partial charge in [0.25, 0.3) is 0 Å². The molecule has 0 bridgehead atoms. The number of rotatable bonds is 8. The van der Waals surface area contributed by atoms with Crippen molar-refractivity contribution in [3.05, 3.63) is 18.2 Å². The number of ether oxygens (including phenoxy) is 2. The highest BCUT2D eigenvalue weighted by Gasteiger charge is 2.15. The predicted octanol–water partition coefficient (Wildman–Crippen LogP) is 1.39. The lowest BCUT2D eigenvalue weighted by molar-refractivity contribution is -0.119. The highest BCUT2D eigenvalue weighted by Crippen LogP contribution is 2.03. The Morgan fingerprint density at radius 3 is 2.71 bits per heavy atom. The molecule has 0 saturated heterocycles. The Bertz CT molecular complexity index is 310. The molecule has 1 heterocycles. The van der Waals surface area contributed by atoms with Crippen molar-refractivity contribution in [2.24, 2.45) is 0 Å². The Balaban J connectivity index is 2.46. The predicted molar refractivity (Wildman–Crippen MR) is 66.6 cm³/mol. The molecule has 0 aromatic carbocycles. The number of hydrogen-bond donors (Lipinski definition) is 1. The molecular formula is C12H23N3O2. The summed E-state index contributed by atoms with van der Waals surface area (Å²) in [5, 5.41) is 3.37. The third kappa shape index (κ3) is 4.11. The van der Waals surface area contributed by atoms with Crippen molar-refractivity contribution in [3.63, 3.8) is 0 Å². The molecule has 0 aliphatic heterocycles. The lowest BCUT2D eigenvalue weighted by Crippen LogP contribution is -2.39. The van der Waals surface area contributed by atoms with Gasteiger partial charge in [0, 0.05) is 33.5 Å². The molecule has 0 radical (unpaired) electrons. The van der Waals surface area contributed by atoms with Gasteiger partial charge in [-0.15, -0.1) is 0 Å². The van der Waals surface area contributed by atoms with E-state index in [1.165, 1.54) is 5.69 Å². The standard InChI is InChI=1S/C12H23N3O2/c1-5-6-15-9-13-7-11(15)8-14-10(2)12(16-3)17-4/h7,9-10,12,14H,5-6,8H2,1-4H3. The first-order valence-electron chi connectivity index (χ1n) is 6.00. The first-order valence-corrected chi connectivity index (χ1v) is 6.00. The molecular weight excluding hydrogens is 218 g/mol. The van der Waals surface area contributed by atoms with Crippen LogP contribution in [0.4, 0.5) is 0 Å². The summed E-state index contributed by atoms with van der Waals surface area (Å²) in [5.41, 5.74) is 1.18. The van der Waals surface area contributed by atoms with Gasteiger partial charge in [-0.2, -0.15) is 0 Å². The van der Waals surface area contributed by atoms with Gasteiger partial charge >= 0.3 is 0 Å². The summed E-state index contributed by atoms with van der Waals surface area (Å²) in [7, 11) is 3.29. The normalized spacial score (nSPS) is 13.2. The molecule has 17 heavy (non-hydrogen) atoms. The molecule has 5 nitrogen and oxygen atoms in total. The second-order valence-electron chi connectivity index (χ2n) is 4.09. The maximum absolute atomic E-state index is 5.20. The van der Waals surface area contributed by atoms with Crippen LogP contribution < -0.4 is 5.32 Å². The van der Waals surface area contributed by atoms with Crippen molar-refractivity contribution in [1.29, 1.82) is 0 Å². The molecule has 0 saturated carbocycles. The summed E-state index contributed by atoms with van der Waals surface area (Å²) in [5.74, 6) is 0. The Labute approximate surface area is 103 Å². The van der Waals surface area contributed by atoms with Gasteiger partial charge in [0.15, 0.2) is 6.29 Å². The van der Waals surface area contributed by atoms with E-state index in [1.54, 1.807) is 14.2 Å². The number of hydrogen-bond acceptors (Lipinski definition) is 4. The van der Waals surface area contributed by atoms with Crippen molar-refractivity contribution in [2.75, 3.05) is 14.2 Å². The van der Waals surface area contributed by atoms with Crippen LogP contribution in [0.3, 0.4) is 0 Å². The minimum Gasteiger partial charge on any atom is -0.354 e. The number of aromatic nitrogens is 2. The van der Waals surface area contributed by atoms with E-state index in [0.29, 0.717) is 0 Å². The smallest absolute Gasteiger partial charge is 0.171 e. The van der Waals surface area contributed by atoms with Gasteiger partial charge in [-0.25, -0.2) is 4.98 Å². The second kappa shape index (κ2) is 7.42. The van der Waals surface area contributed by atoms with Crippen LogP contribution in [0.1, 0.15) is 26.0 Å². The van der Waals surface area contributed by atoms with Gasteiger partial charge in [-0.1, -0.05) is 6.92 Å². The molecule has 0 fully saturated rings. The van der Waals surface area contributed by atoms with Gasteiger partial charge in [0.05, 0.1) is 18.1 Å². The van der Waals surface area contributed by atoms with E-state index >= 15 is 0 Å². The molecule has 1 unspecified atom stereocenters. The molecule has 0 aliphatic carbocycles. The lowest BCUT2D eigenvalue weighted by Gasteiger charge is -2.22. The van der Waals surface area contributed by atoms with Gasteiger partial charge < -0.3 is 19.4 Å². The highest BCUT2D eigenvalue weighted by molar-refractivity contribution is 4.98. The largest absolute Gasteiger partial charge is 0.354 e. The summed E-state index contributed by atoms with van der Waals surface area (Å²) in [6.07, 6.45) is 4.65. The highest BCUT2D eigenvalue weighted by atomic mass is 16.7. The van der Waals surface area contributed by atoms with Crippen LogP contribution in [-0.4, -0.2) is 36.1 Å². The Kier molecular flexibility index (Phi) is 6.18. The molecule has 0 amide bonds. The SMILES string of the molecule is CCCn1cncc1CNC(C)C(OC)OC. The van der Waals surface area contributed by atoms with Crippen LogP contribution in [0.5, 0.6) is 0 Å². The molecule has 5 heteroatoms. The quantitative estimate of drug-likeness (QED) is 0.699. The van der Waals surface area contributed by atoms with E-state index in [9.17, 15) is 0 Å². The van der Waals surface area contributed by atoms with Crippen molar-refractivity contribution in [2.45, 2.75) is 45.7 Å². The molecule has 1 rings (SSSR count). The summed E-state index contributed by atoms with van der Waals surface area (Å²) >= 11 is 0. The monoisotopic (exact) mass is 241 g/mol. The van der Waals surface area contributed by atoms with Gasteiger partial charge in [0.1, 0.15) is 0 Å². The average Bonchev–Trinajstić information content (AvgIpc) is 2.76. The fourth-order valence-corrected chi connectivity index (χ4v) is 1.80. The molecule has 0 spiro atoms. The molecule has 1 aromatic heterocycles. The zero-order valence-corrected chi connectivity index (χ0v) is 11.1. The summed E-state index contributed by atoms with van der Waals surface area (Å²) in [4.78, 5) is 4.16. The minimum atomic E-state index is -0.224. The first kappa shape index (κ1) is 14.2. The molecule has 1 aromatic rings. The van der Waals surface area contributed by atoms with Crippen molar-refractivity contribution in [1.82, 2.24) is 14.9 Å². The van der Waals surface area contributed by atoms with Crippen LogP contribution in [0.15, 0.2) is 12.5 Å². The van der Waals surface area contributed by atoms with Crippen LogP contribution >= 0.6 is 0 Å². The summed E-state index contributed by atoms with van der Waals surface area (Å²) in [6.45, 7) is 5.97. The average molecular weight is 241 g/mol. The lowest BCUT2D eigenvalue weighted by atomic mass is 10.3. The van der Waals surface area contributed by atoms with E-state index in [4.69, 9.17) is 9.47 Å². The van der Waals surface area contributed by atoms with Crippen molar-refractivity contribution < 1.29 is 9.47 Å². The third-order valence-electron chi connectivity index (χ3n) is 2.74. The molecule has 0 aliphatic rings. The van der Waals surface area contributed by atoms with Gasteiger partial charge in [-0.05, 0) is 13.3 Å². The van der Waals surface area contributed by atoms with Crippen LogP contribution in [0, 0.1) is 0 Å². The summed E-state index contributed by atoms with van der Waals surface area (Å²) < 4.78 is 12.6. The van der Waals surface area contributed by atoms with E-state index in [2.05, 4.69) is 21.8 Å². The first-order chi connectivity index (χ1) is 8.22. The number of imidazole rings is 1. The van der Waals surface area contributed by atoms with E-state index < -0.39 is 0 Å². The van der Waals surface area contributed by atoms with Crippen molar-refractivity contribution >= 4 is 0 Å². The second-order valence-corrected chi connectivity index (χ2v) is 4.09. The molecule has 1 atom stereocenters. The fraction of sp³-hybridized carbons (Fsp3) is 0.750. The van der Waals surface area contributed by atoms with E-state index in [-0.39, 0.29) is 12.3 Å². The number of nitrogens with zero attached hydrogens (tertiary/aromatic N) is 2. The summed E-state index contributed by atoms with van der Waals surface area (Å²) in [6, 6.07) is 0.134. The van der Waals surface area contributed by atoms with Crippen LogP contribution in [-0.2, 0) is 22.6 Å². The molecule has 98 valence electrons. The fourth-order valence-electron chi connectivity index (χ4n) is 1.80. The Hall–Kier alpha value is -0.910. The van der Waals surface area contributed by atoms with E-state index in [1.807, 2.05) is 19.4 Å².